The number of aliphatic hydroxyl groups excluding tert-OH is 1. The van der Waals surface area contributed by atoms with Gasteiger partial charge in [0.1, 0.15) is 11.9 Å². The zero-order valence-corrected chi connectivity index (χ0v) is 75.3. The first-order valence-corrected chi connectivity index (χ1v) is 42.3. The monoisotopic (exact) mass is 1840 g/mol. The predicted molar refractivity (Wildman–Crippen MR) is 484 cm³/mol. The zero-order chi connectivity index (χ0) is 87.1. The van der Waals surface area contributed by atoms with Crippen LogP contribution in [0.25, 0.3) is 76.8 Å². The molecule has 3 aliphatic rings. The van der Waals surface area contributed by atoms with Crippen LogP contribution in [0.5, 0.6) is 5.75 Å². The standard InChI is InChI=1S/C33H35ClN4O4.C17H14N2O3.C16H21BO5.2C9H9BrN2.C8H7BrN2/c1-20-26-17-23(9-13-29(26)37(2)36-20)21-5-7-22(8-6-21)32(40)33(41)35-28(19-38-15-3-4-16-38)31(39)24-10-14-30(27(34)18-24)42-25-11-12-25;1-10-14-9-13(7-8-15(14)19(2)18-10)11-3-5-12(6-4-11)16(20)17(21)22;1-6-20-14(19)13(18)11-7-9-12(10-8-11)17-21-15(2,3)16(4,5)22-17;1-6-8-4-3-7(10)5-9(8)11-12(6)2;1-6-8-4-3-7(10)5-9(8)12(2)11-6;1-5-7-4-6(9)2-3-8(7)11-10-5/h5-10,13-14,17-18,25,28,31,39H,3-4,11-12,15-16,19H2,1-2H3,(H,35,41);3-9H,1-2H3,(H,21,22);7-10H,6H2,1-5H3;2*3-5H,1-2H3;2-4H,1H3,(H,10,11)/t28-,31-;;;;;/m1...../s1. The van der Waals surface area contributed by atoms with Crippen molar-refractivity contribution in [2.24, 2.45) is 28.2 Å². The van der Waals surface area contributed by atoms with Gasteiger partial charge in [0.05, 0.1) is 79.6 Å². The number of amides is 1. The second kappa shape index (κ2) is 38.5. The third kappa shape index (κ3) is 21.4. The molecule has 1 aliphatic carbocycles. The maximum Gasteiger partial charge on any atom is 0.494 e. The Hall–Kier alpha value is -10.8. The number of rotatable bonds is 17. The number of carbonyl (C=O) groups excluding carboxylic acids is 5. The number of nitrogens with zero attached hydrogens (tertiary/aromatic N) is 10. The van der Waals surface area contributed by atoms with Crippen molar-refractivity contribution >= 4 is 162 Å². The Morgan fingerprint density at radius 1 is 0.554 bits per heavy atom. The molecule has 29 heteroatoms. The molecular weight excluding hydrogens is 1750 g/mol. The van der Waals surface area contributed by atoms with Crippen molar-refractivity contribution in [2.75, 3.05) is 26.2 Å². The molecule has 7 heterocycles. The number of halogens is 4. The van der Waals surface area contributed by atoms with Gasteiger partial charge in [-0.05, 0) is 232 Å². The third-order valence-electron chi connectivity index (χ3n) is 21.9. The topological polar surface area (TPSA) is 295 Å². The smallest absolute Gasteiger partial charge is 0.489 e. The summed E-state index contributed by atoms with van der Waals surface area (Å²) in [5.41, 5.74) is 15.8. The lowest BCUT2D eigenvalue weighted by molar-refractivity contribution is -0.137. The number of ketones is 3. The van der Waals surface area contributed by atoms with Gasteiger partial charge in [-0.1, -0.05) is 150 Å². The van der Waals surface area contributed by atoms with E-state index in [-0.39, 0.29) is 23.8 Å². The molecule has 2 saturated heterocycles. The van der Waals surface area contributed by atoms with Crippen LogP contribution in [0.4, 0.5) is 0 Å². The highest BCUT2D eigenvalue weighted by atomic mass is 79.9. The first kappa shape index (κ1) is 89.4. The van der Waals surface area contributed by atoms with Crippen LogP contribution >= 0.6 is 59.4 Å². The largest absolute Gasteiger partial charge is 0.494 e. The van der Waals surface area contributed by atoms with Crippen LogP contribution in [0, 0.1) is 34.6 Å². The number of esters is 1. The van der Waals surface area contributed by atoms with Crippen molar-refractivity contribution in [1.82, 2.24) is 59.5 Å². The maximum absolute atomic E-state index is 13.2. The van der Waals surface area contributed by atoms with E-state index in [1.807, 2.05) is 175 Å². The number of nitrogens with one attached hydrogen (secondary N) is 2. The summed E-state index contributed by atoms with van der Waals surface area (Å²) in [6, 6.07) is 55.3. The second-order valence-corrected chi connectivity index (χ2v) is 34.2. The number of fused-ring (bicyclic) bond motifs is 5. The number of hydrogen-bond acceptors (Lipinski definition) is 17. The summed E-state index contributed by atoms with van der Waals surface area (Å²) in [5.74, 6) is -4.65. The highest BCUT2D eigenvalue weighted by Crippen LogP contribution is 2.38. The van der Waals surface area contributed by atoms with Crippen LogP contribution in [0.15, 0.2) is 195 Å². The number of likely N-dealkylation sites (tertiary alicyclic amines) is 1. The number of aromatic nitrogens is 10. The number of carboxylic acids is 1. The van der Waals surface area contributed by atoms with E-state index in [4.69, 9.17) is 35.5 Å². The molecule has 14 aromatic rings. The SMILES string of the molecule is CCOC(=O)C(=O)c1ccc(B2OC(C)(C)C(C)(C)O2)cc1.Cc1[nH]nc2ccc(Br)cc12.Cc1c2ccc(Br)cc2nn1C.Cc1nn(C)c2cc(Br)ccc12.Cc1nn(C)c2ccc(-c3ccc(C(=O)C(=O)N[C@H](CN4CCCC4)[C@H](O)c4ccc(OC5CC5)c(Cl)c4)cc3)cc12.Cc1nn(C)c2ccc(-c3ccc(C(=O)C(=O)O)cc3)cc12. The fraction of sp³-hybridized carbons (Fsp3) is 0.293. The fourth-order valence-electron chi connectivity index (χ4n) is 14.1. The van der Waals surface area contributed by atoms with Crippen molar-refractivity contribution in [3.05, 3.63) is 251 Å². The molecule has 1 saturated carbocycles. The van der Waals surface area contributed by atoms with Crippen LogP contribution in [0.1, 0.15) is 132 Å². The van der Waals surface area contributed by atoms with Gasteiger partial charge >= 0.3 is 19.1 Å². The van der Waals surface area contributed by atoms with Gasteiger partial charge in [0.2, 0.25) is 5.78 Å². The van der Waals surface area contributed by atoms with Crippen LogP contribution < -0.4 is 15.5 Å². The Labute approximate surface area is 731 Å². The number of H-pyrrole nitrogens is 1. The Bertz CT molecular complexity index is 6170. The molecule has 17 rings (SSSR count). The van der Waals surface area contributed by atoms with Crippen LogP contribution in [-0.2, 0) is 56.6 Å². The lowest BCUT2D eigenvalue weighted by Gasteiger charge is -2.32. The van der Waals surface area contributed by atoms with Gasteiger partial charge in [-0.25, -0.2) is 9.59 Å². The number of aryl methyl sites for hydroxylation is 9. The highest BCUT2D eigenvalue weighted by molar-refractivity contribution is 9.11. The molecule has 1 amide bonds. The average Bonchev–Trinajstić information content (AvgIpc) is 1.62. The summed E-state index contributed by atoms with van der Waals surface area (Å²) in [7, 11) is 7.26. The van der Waals surface area contributed by atoms with Crippen LogP contribution in [-0.4, -0.2) is 156 Å². The lowest BCUT2D eigenvalue weighted by atomic mass is 9.78. The molecule has 0 bridgehead atoms. The molecule has 2 atom stereocenters. The number of carbonyl (C=O) groups is 6. The van der Waals surface area contributed by atoms with E-state index in [0.29, 0.717) is 28.4 Å². The number of ether oxygens (including phenoxy) is 2. The van der Waals surface area contributed by atoms with E-state index >= 15 is 0 Å². The number of aliphatic hydroxyl groups is 1. The molecule has 0 unspecified atom stereocenters. The Balaban J connectivity index is 0.000000144. The van der Waals surface area contributed by atoms with Gasteiger partial charge in [-0.3, -0.25) is 43.0 Å². The summed E-state index contributed by atoms with van der Waals surface area (Å²) in [5, 5.41) is 53.7. The van der Waals surface area contributed by atoms with Gasteiger partial charge in [-0.15, -0.1) is 0 Å². The molecular formula is C92H95BBr3ClN12O12. The Kier molecular flexibility index (Phi) is 28.5. The van der Waals surface area contributed by atoms with Gasteiger partial charge in [-0.2, -0.15) is 25.5 Å². The van der Waals surface area contributed by atoms with Gasteiger partial charge in [0, 0.05) is 103 Å². The van der Waals surface area contributed by atoms with E-state index in [1.54, 1.807) is 73.7 Å². The van der Waals surface area contributed by atoms with Gasteiger partial charge < -0.3 is 39.2 Å². The molecule has 4 N–H and O–H groups in total. The Morgan fingerprint density at radius 2 is 1.05 bits per heavy atom. The minimum atomic E-state index is -1.44. The van der Waals surface area contributed by atoms with Crippen molar-refractivity contribution in [2.45, 2.75) is 124 Å². The molecule has 0 spiro atoms. The molecule has 121 heavy (non-hydrogen) atoms. The summed E-state index contributed by atoms with van der Waals surface area (Å²) >= 11 is 16.7. The molecule has 626 valence electrons. The maximum atomic E-state index is 13.2. The lowest BCUT2D eigenvalue weighted by Crippen LogP contribution is -2.48. The highest BCUT2D eigenvalue weighted by Gasteiger charge is 2.52. The van der Waals surface area contributed by atoms with E-state index in [2.05, 4.69) is 126 Å². The van der Waals surface area contributed by atoms with Crippen molar-refractivity contribution in [3.63, 3.8) is 0 Å². The summed E-state index contributed by atoms with van der Waals surface area (Å²) in [6.45, 7) is 22.0. The molecule has 24 nitrogen and oxygen atoms in total. The van der Waals surface area contributed by atoms with Crippen molar-refractivity contribution < 1.29 is 57.8 Å². The normalized spacial score (nSPS) is 14.4. The van der Waals surface area contributed by atoms with E-state index in [1.165, 1.54) is 39.5 Å². The predicted octanol–water partition coefficient (Wildman–Crippen LogP) is 17.7. The van der Waals surface area contributed by atoms with Crippen LogP contribution in [0.3, 0.4) is 0 Å². The number of Topliss-reactive ketones (excluding diaryl/α,β-unsaturated/α-hetero) is 3. The fourth-order valence-corrected chi connectivity index (χ4v) is 15.4. The average molecular weight is 1850 g/mol. The number of hydrogen-bond donors (Lipinski definition) is 4. The van der Waals surface area contributed by atoms with E-state index in [0.717, 1.165) is 136 Å². The van der Waals surface area contributed by atoms with E-state index < -0.39 is 65.7 Å². The van der Waals surface area contributed by atoms with Crippen LogP contribution in [0.2, 0.25) is 5.02 Å². The Morgan fingerprint density at radius 3 is 1.60 bits per heavy atom. The summed E-state index contributed by atoms with van der Waals surface area (Å²) in [6.07, 6.45) is 3.31. The van der Waals surface area contributed by atoms with Gasteiger partial charge in [0.25, 0.3) is 17.5 Å². The molecule has 0 radical (unpaired) electrons. The summed E-state index contributed by atoms with van der Waals surface area (Å²) in [4.78, 5) is 74.0. The van der Waals surface area contributed by atoms with Crippen molar-refractivity contribution in [3.8, 4) is 28.0 Å². The minimum absolute atomic E-state index is 0.176. The third-order valence-corrected chi connectivity index (χ3v) is 23.6. The molecule has 5 aromatic heterocycles. The number of aliphatic carboxylic acids is 1. The quantitative estimate of drug-likeness (QED) is 0.0285. The number of benzene rings is 9. The minimum Gasteiger partial charge on any atom is -0.489 e. The molecule has 3 fully saturated rings. The number of carboxylic acid groups (broad SMARTS) is 1. The molecule has 2 aliphatic heterocycles. The first-order valence-electron chi connectivity index (χ1n) is 39.6. The number of aromatic amines is 1. The van der Waals surface area contributed by atoms with E-state index in [9.17, 15) is 33.9 Å². The first-order chi connectivity index (χ1) is 57.5. The zero-order valence-electron chi connectivity index (χ0n) is 69.7. The molecule has 9 aromatic carbocycles. The second-order valence-electron chi connectivity index (χ2n) is 31.1. The summed E-state index contributed by atoms with van der Waals surface area (Å²) < 4.78 is 33.2. The van der Waals surface area contributed by atoms with Gasteiger partial charge in [0.15, 0.2) is 0 Å². The van der Waals surface area contributed by atoms with Crippen molar-refractivity contribution in [1.29, 1.82) is 0 Å².